The average molecular weight is 266 g/mol. The van der Waals surface area contributed by atoms with Crippen molar-refractivity contribution in [1.29, 1.82) is 0 Å². The fourth-order valence-electron chi connectivity index (χ4n) is 1.88. The van der Waals surface area contributed by atoms with Gasteiger partial charge in [0.25, 0.3) is 0 Å². The van der Waals surface area contributed by atoms with E-state index < -0.39 is 0 Å². The largest absolute Gasteiger partial charge is 0.376 e. The van der Waals surface area contributed by atoms with E-state index in [-0.39, 0.29) is 6.10 Å². The summed E-state index contributed by atoms with van der Waals surface area (Å²) in [6.45, 7) is 3.37. The topological polar surface area (TPSA) is 75.2 Å². The number of anilines is 2. The third kappa shape index (κ3) is 4.96. The number of nitrogens with zero attached hydrogens (tertiary/aromatic N) is 4. The van der Waals surface area contributed by atoms with E-state index in [0.29, 0.717) is 5.95 Å². The molecule has 0 radical (unpaired) electrons. The maximum atomic E-state index is 5.54. The Bertz CT molecular complexity index is 380. The van der Waals surface area contributed by atoms with E-state index in [2.05, 4.69) is 30.7 Å². The Labute approximate surface area is 113 Å². The smallest absolute Gasteiger partial charge is 0.244 e. The number of hydrogen-bond acceptors (Lipinski definition) is 7. The predicted octanol–water partition coefficient (Wildman–Crippen LogP) is 0.436. The molecule has 1 atom stereocenters. The molecule has 19 heavy (non-hydrogen) atoms. The lowest BCUT2D eigenvalue weighted by Crippen LogP contribution is -2.22. The van der Waals surface area contributed by atoms with Crippen LogP contribution in [0.5, 0.6) is 0 Å². The number of likely N-dealkylation sites (N-methyl/N-ethyl adjacent to an activating group) is 1. The van der Waals surface area contributed by atoms with Crippen LogP contribution in [0.4, 0.5) is 11.8 Å². The van der Waals surface area contributed by atoms with Crippen molar-refractivity contribution in [2.75, 3.05) is 51.0 Å². The fourth-order valence-corrected chi connectivity index (χ4v) is 1.88. The molecule has 7 heteroatoms. The number of nitrogens with one attached hydrogen (secondary N) is 2. The van der Waals surface area contributed by atoms with Crippen molar-refractivity contribution in [1.82, 2.24) is 20.1 Å². The van der Waals surface area contributed by atoms with Gasteiger partial charge in [-0.1, -0.05) is 0 Å². The number of aromatic nitrogens is 3. The monoisotopic (exact) mass is 266 g/mol. The molecule has 0 bridgehead atoms. The second kappa shape index (κ2) is 7.20. The molecule has 2 rings (SSSR count). The Morgan fingerprint density at radius 1 is 1.42 bits per heavy atom. The second-order valence-electron chi connectivity index (χ2n) is 4.91. The number of ether oxygens (including phenoxy) is 1. The van der Waals surface area contributed by atoms with Crippen molar-refractivity contribution in [3.05, 3.63) is 6.20 Å². The van der Waals surface area contributed by atoms with Crippen LogP contribution in [0.3, 0.4) is 0 Å². The van der Waals surface area contributed by atoms with Gasteiger partial charge in [-0.15, -0.1) is 5.10 Å². The van der Waals surface area contributed by atoms with Gasteiger partial charge in [-0.2, -0.15) is 10.1 Å². The standard InChI is InChI=1S/C12H22N6O/c1-18(2)6-5-13-11-9-15-17-12(16-11)14-8-10-4-3-7-19-10/h9-10H,3-8H2,1-2H3,(H2,13,14,16,17). The maximum absolute atomic E-state index is 5.54. The average Bonchev–Trinajstić information content (AvgIpc) is 2.89. The highest BCUT2D eigenvalue weighted by Gasteiger charge is 2.15. The summed E-state index contributed by atoms with van der Waals surface area (Å²) in [6.07, 6.45) is 4.14. The predicted molar refractivity (Wildman–Crippen MR) is 74.3 cm³/mol. The van der Waals surface area contributed by atoms with Gasteiger partial charge in [0.15, 0.2) is 5.82 Å². The molecule has 2 N–H and O–H groups in total. The van der Waals surface area contributed by atoms with Crippen LogP contribution in [-0.4, -0.2) is 66.5 Å². The van der Waals surface area contributed by atoms with Crippen LogP contribution < -0.4 is 10.6 Å². The summed E-state index contributed by atoms with van der Waals surface area (Å²) in [7, 11) is 4.07. The number of hydrogen-bond donors (Lipinski definition) is 2. The van der Waals surface area contributed by atoms with E-state index in [1.54, 1.807) is 6.20 Å². The highest BCUT2D eigenvalue weighted by atomic mass is 16.5. The zero-order valence-corrected chi connectivity index (χ0v) is 11.6. The van der Waals surface area contributed by atoms with Gasteiger partial charge < -0.3 is 20.3 Å². The first-order valence-electron chi connectivity index (χ1n) is 6.68. The molecule has 0 aliphatic carbocycles. The van der Waals surface area contributed by atoms with Crippen LogP contribution in [0, 0.1) is 0 Å². The van der Waals surface area contributed by atoms with E-state index in [4.69, 9.17) is 4.74 Å². The van der Waals surface area contributed by atoms with Gasteiger partial charge in [0.05, 0.1) is 12.3 Å². The van der Waals surface area contributed by atoms with E-state index in [1.807, 2.05) is 14.1 Å². The number of rotatable bonds is 7. The van der Waals surface area contributed by atoms with Crippen molar-refractivity contribution >= 4 is 11.8 Å². The van der Waals surface area contributed by atoms with Gasteiger partial charge in [0.1, 0.15) is 0 Å². The molecule has 0 saturated carbocycles. The normalized spacial score (nSPS) is 18.8. The van der Waals surface area contributed by atoms with Gasteiger partial charge in [0, 0.05) is 26.2 Å². The van der Waals surface area contributed by atoms with Crippen LogP contribution in [0.1, 0.15) is 12.8 Å². The van der Waals surface area contributed by atoms with E-state index >= 15 is 0 Å². The molecular weight excluding hydrogens is 244 g/mol. The Balaban J connectivity index is 1.77. The molecule has 1 aliphatic heterocycles. The van der Waals surface area contributed by atoms with Crippen LogP contribution in [0.2, 0.25) is 0 Å². The Kier molecular flexibility index (Phi) is 5.29. The molecular formula is C12H22N6O. The highest BCUT2D eigenvalue weighted by Crippen LogP contribution is 2.12. The van der Waals surface area contributed by atoms with E-state index in [1.165, 1.54) is 0 Å². The van der Waals surface area contributed by atoms with Gasteiger partial charge in [0.2, 0.25) is 5.95 Å². The van der Waals surface area contributed by atoms with Crippen molar-refractivity contribution < 1.29 is 4.74 Å². The first-order valence-corrected chi connectivity index (χ1v) is 6.68. The van der Waals surface area contributed by atoms with E-state index in [0.717, 1.165) is 44.9 Å². The van der Waals surface area contributed by atoms with Gasteiger partial charge in [-0.3, -0.25) is 0 Å². The van der Waals surface area contributed by atoms with Gasteiger partial charge in [-0.05, 0) is 26.9 Å². The Morgan fingerprint density at radius 3 is 3.05 bits per heavy atom. The molecule has 7 nitrogen and oxygen atoms in total. The van der Waals surface area contributed by atoms with Crippen molar-refractivity contribution in [3.8, 4) is 0 Å². The van der Waals surface area contributed by atoms with Crippen molar-refractivity contribution in [3.63, 3.8) is 0 Å². The quantitative estimate of drug-likeness (QED) is 0.741. The van der Waals surface area contributed by atoms with Crippen LogP contribution >= 0.6 is 0 Å². The lowest BCUT2D eigenvalue weighted by molar-refractivity contribution is 0.120. The minimum atomic E-state index is 0.272. The van der Waals surface area contributed by atoms with Crippen molar-refractivity contribution in [2.45, 2.75) is 18.9 Å². The van der Waals surface area contributed by atoms with Crippen LogP contribution in [-0.2, 0) is 4.74 Å². The third-order valence-corrected chi connectivity index (χ3v) is 2.94. The van der Waals surface area contributed by atoms with Gasteiger partial charge >= 0.3 is 0 Å². The molecule has 0 spiro atoms. The molecule has 1 aromatic heterocycles. The van der Waals surface area contributed by atoms with E-state index in [9.17, 15) is 0 Å². The highest BCUT2D eigenvalue weighted by molar-refractivity contribution is 5.36. The summed E-state index contributed by atoms with van der Waals surface area (Å²) in [4.78, 5) is 6.47. The molecule has 106 valence electrons. The lowest BCUT2D eigenvalue weighted by Gasteiger charge is -2.12. The maximum Gasteiger partial charge on any atom is 0.244 e. The molecule has 0 aromatic carbocycles. The Hall–Kier alpha value is -1.47. The fraction of sp³-hybridized carbons (Fsp3) is 0.750. The summed E-state index contributed by atoms with van der Waals surface area (Å²) in [5, 5.41) is 14.3. The zero-order valence-electron chi connectivity index (χ0n) is 11.6. The second-order valence-corrected chi connectivity index (χ2v) is 4.91. The molecule has 1 saturated heterocycles. The summed E-state index contributed by atoms with van der Waals surface area (Å²) < 4.78 is 5.54. The third-order valence-electron chi connectivity index (χ3n) is 2.94. The molecule has 0 amide bonds. The molecule has 1 aromatic rings. The lowest BCUT2D eigenvalue weighted by atomic mass is 10.2. The SMILES string of the molecule is CN(C)CCNc1cnnc(NCC2CCCO2)n1. The summed E-state index contributed by atoms with van der Waals surface area (Å²) in [5.74, 6) is 1.29. The molecule has 2 heterocycles. The van der Waals surface area contributed by atoms with Crippen molar-refractivity contribution in [2.24, 2.45) is 0 Å². The van der Waals surface area contributed by atoms with Gasteiger partial charge in [-0.25, -0.2) is 0 Å². The zero-order chi connectivity index (χ0) is 13.5. The summed E-state index contributed by atoms with van der Waals surface area (Å²) >= 11 is 0. The first kappa shape index (κ1) is 14.0. The molecule has 1 unspecified atom stereocenters. The minimum absolute atomic E-state index is 0.272. The minimum Gasteiger partial charge on any atom is -0.376 e. The summed E-state index contributed by atoms with van der Waals surface area (Å²) in [6, 6.07) is 0. The molecule has 1 fully saturated rings. The van der Waals surface area contributed by atoms with Crippen LogP contribution in [0.15, 0.2) is 6.20 Å². The van der Waals surface area contributed by atoms with Crippen LogP contribution in [0.25, 0.3) is 0 Å². The Morgan fingerprint density at radius 2 is 2.32 bits per heavy atom. The first-order chi connectivity index (χ1) is 9.24. The summed E-state index contributed by atoms with van der Waals surface area (Å²) in [5.41, 5.74) is 0. The molecule has 1 aliphatic rings.